The molecule has 0 aliphatic carbocycles. The zero-order valence-corrected chi connectivity index (χ0v) is 12.3. The van der Waals surface area contributed by atoms with Gasteiger partial charge in [0.1, 0.15) is 0 Å². The Labute approximate surface area is 113 Å². The molecule has 2 aliphatic heterocycles. The zero-order chi connectivity index (χ0) is 12.8. The summed E-state index contributed by atoms with van der Waals surface area (Å²) in [6.45, 7) is 12.3. The highest BCUT2D eigenvalue weighted by Crippen LogP contribution is 2.13. The van der Waals surface area contributed by atoms with E-state index in [1.165, 1.54) is 71.4 Å². The fourth-order valence-corrected chi connectivity index (χ4v) is 3.19. The van der Waals surface area contributed by atoms with Crippen LogP contribution in [-0.2, 0) is 0 Å². The van der Waals surface area contributed by atoms with E-state index in [1.54, 1.807) is 0 Å². The molecule has 18 heavy (non-hydrogen) atoms. The summed E-state index contributed by atoms with van der Waals surface area (Å²) >= 11 is 0. The Kier molecular flexibility index (Phi) is 5.93. The first-order valence-electron chi connectivity index (χ1n) is 7.99. The minimum absolute atomic E-state index is 0.771. The van der Waals surface area contributed by atoms with Gasteiger partial charge in [-0.05, 0) is 45.7 Å². The maximum absolute atomic E-state index is 3.66. The molecule has 2 fully saturated rings. The molecule has 2 rings (SSSR count). The van der Waals surface area contributed by atoms with Crippen LogP contribution in [0.1, 0.15) is 46.0 Å². The number of piperidine rings is 1. The summed E-state index contributed by atoms with van der Waals surface area (Å²) in [6, 6.07) is 1.57. The lowest BCUT2D eigenvalue weighted by Gasteiger charge is -2.38. The van der Waals surface area contributed by atoms with Gasteiger partial charge in [-0.15, -0.1) is 0 Å². The first-order valence-corrected chi connectivity index (χ1v) is 7.99. The lowest BCUT2D eigenvalue weighted by atomic mass is 10.0. The van der Waals surface area contributed by atoms with Gasteiger partial charge in [0, 0.05) is 38.3 Å². The molecule has 1 N–H and O–H groups in total. The molecule has 2 atom stereocenters. The highest BCUT2D eigenvalue weighted by molar-refractivity contribution is 4.78. The van der Waals surface area contributed by atoms with Gasteiger partial charge in [0.15, 0.2) is 0 Å². The predicted octanol–water partition coefficient (Wildman–Crippen LogP) is 1.93. The number of nitrogens with one attached hydrogen (secondary N) is 1. The highest BCUT2D eigenvalue weighted by Gasteiger charge is 2.21. The van der Waals surface area contributed by atoms with E-state index in [0.29, 0.717) is 0 Å². The van der Waals surface area contributed by atoms with Crippen molar-refractivity contribution in [1.82, 2.24) is 15.1 Å². The topological polar surface area (TPSA) is 18.5 Å². The average Bonchev–Trinajstić information content (AvgIpc) is 2.46. The van der Waals surface area contributed by atoms with Gasteiger partial charge in [-0.25, -0.2) is 0 Å². The molecule has 0 spiro atoms. The molecule has 2 saturated heterocycles. The summed E-state index contributed by atoms with van der Waals surface area (Å²) in [7, 11) is 0. The molecule has 0 radical (unpaired) electrons. The molecule has 0 aromatic rings. The molecular formula is C15H31N3. The lowest BCUT2D eigenvalue weighted by molar-refractivity contribution is 0.0970. The van der Waals surface area contributed by atoms with E-state index in [-0.39, 0.29) is 0 Å². The largest absolute Gasteiger partial charge is 0.314 e. The first-order chi connectivity index (χ1) is 8.79. The van der Waals surface area contributed by atoms with Crippen molar-refractivity contribution < 1.29 is 0 Å². The normalized spacial score (nSPS) is 29.3. The summed E-state index contributed by atoms with van der Waals surface area (Å²) in [6.07, 6.45) is 6.84. The van der Waals surface area contributed by atoms with Crippen molar-refractivity contribution in [2.24, 2.45) is 0 Å². The van der Waals surface area contributed by atoms with Gasteiger partial charge in [-0.3, -0.25) is 4.90 Å². The van der Waals surface area contributed by atoms with Crippen LogP contribution in [-0.4, -0.2) is 61.2 Å². The molecule has 2 heterocycles. The first kappa shape index (κ1) is 14.3. The van der Waals surface area contributed by atoms with Gasteiger partial charge in [0.25, 0.3) is 0 Å². The Hall–Kier alpha value is -0.120. The van der Waals surface area contributed by atoms with Crippen molar-refractivity contribution in [1.29, 1.82) is 0 Å². The highest BCUT2D eigenvalue weighted by atomic mass is 15.3. The molecular weight excluding hydrogens is 222 g/mol. The second kappa shape index (κ2) is 7.46. The van der Waals surface area contributed by atoms with Gasteiger partial charge in [-0.2, -0.15) is 0 Å². The van der Waals surface area contributed by atoms with Crippen LogP contribution in [0.5, 0.6) is 0 Å². The number of hydrogen-bond donors (Lipinski definition) is 1. The maximum Gasteiger partial charge on any atom is 0.0113 e. The van der Waals surface area contributed by atoms with E-state index in [1.807, 2.05) is 0 Å². The van der Waals surface area contributed by atoms with Crippen LogP contribution < -0.4 is 5.32 Å². The molecule has 0 saturated carbocycles. The van der Waals surface area contributed by atoms with Crippen molar-refractivity contribution in [2.45, 2.75) is 58.0 Å². The molecule has 0 aromatic carbocycles. The monoisotopic (exact) mass is 253 g/mol. The third-order valence-corrected chi connectivity index (χ3v) is 4.83. The Morgan fingerprint density at radius 2 is 1.94 bits per heavy atom. The van der Waals surface area contributed by atoms with Crippen molar-refractivity contribution >= 4 is 0 Å². The van der Waals surface area contributed by atoms with Crippen molar-refractivity contribution in [3.05, 3.63) is 0 Å². The average molecular weight is 253 g/mol. The minimum atomic E-state index is 0.771. The van der Waals surface area contributed by atoms with E-state index in [2.05, 4.69) is 29.0 Å². The number of hydrogen-bond acceptors (Lipinski definition) is 3. The van der Waals surface area contributed by atoms with Crippen molar-refractivity contribution in [3.8, 4) is 0 Å². The van der Waals surface area contributed by atoms with Gasteiger partial charge in [0.2, 0.25) is 0 Å². The molecule has 3 heteroatoms. The summed E-state index contributed by atoms with van der Waals surface area (Å²) in [5.74, 6) is 0. The summed E-state index contributed by atoms with van der Waals surface area (Å²) in [5.41, 5.74) is 0. The number of piperazine rings is 1. The van der Waals surface area contributed by atoms with E-state index in [4.69, 9.17) is 0 Å². The Balaban J connectivity index is 1.61. The van der Waals surface area contributed by atoms with Gasteiger partial charge in [0.05, 0.1) is 0 Å². The van der Waals surface area contributed by atoms with Crippen LogP contribution in [0.3, 0.4) is 0 Å². The smallest absolute Gasteiger partial charge is 0.0113 e. The molecule has 0 bridgehead atoms. The van der Waals surface area contributed by atoms with Gasteiger partial charge in [-0.1, -0.05) is 13.3 Å². The predicted molar refractivity (Wildman–Crippen MR) is 78.0 cm³/mol. The summed E-state index contributed by atoms with van der Waals surface area (Å²) in [5, 5.41) is 3.66. The second-order valence-corrected chi connectivity index (χ2v) is 6.07. The van der Waals surface area contributed by atoms with Crippen LogP contribution in [0.4, 0.5) is 0 Å². The number of nitrogens with zero attached hydrogens (tertiary/aromatic N) is 2. The third-order valence-electron chi connectivity index (χ3n) is 4.83. The van der Waals surface area contributed by atoms with E-state index < -0.39 is 0 Å². The maximum atomic E-state index is 3.66. The Bertz CT molecular complexity index is 218. The van der Waals surface area contributed by atoms with Crippen LogP contribution >= 0.6 is 0 Å². The Morgan fingerprint density at radius 3 is 2.56 bits per heavy atom. The van der Waals surface area contributed by atoms with Gasteiger partial charge >= 0.3 is 0 Å². The fraction of sp³-hybridized carbons (Fsp3) is 1.00. The molecule has 3 nitrogen and oxygen atoms in total. The van der Waals surface area contributed by atoms with Crippen molar-refractivity contribution in [2.75, 3.05) is 39.3 Å². The fourth-order valence-electron chi connectivity index (χ4n) is 3.19. The quantitative estimate of drug-likeness (QED) is 0.808. The van der Waals surface area contributed by atoms with Crippen molar-refractivity contribution in [3.63, 3.8) is 0 Å². The second-order valence-electron chi connectivity index (χ2n) is 6.07. The standard InChI is InChI=1S/C15H31N3/c1-3-14(2)18-12-10-17(11-13-18)9-7-15-6-4-5-8-16-15/h14-16H,3-13H2,1-2H3. The molecule has 106 valence electrons. The Morgan fingerprint density at radius 1 is 1.17 bits per heavy atom. The SMILES string of the molecule is CCC(C)N1CCN(CCC2CCCCN2)CC1. The molecule has 0 amide bonds. The third kappa shape index (κ3) is 4.22. The number of rotatable bonds is 5. The summed E-state index contributed by atoms with van der Waals surface area (Å²) in [4.78, 5) is 5.31. The van der Waals surface area contributed by atoms with Gasteiger partial charge < -0.3 is 10.2 Å². The van der Waals surface area contributed by atoms with Crippen LogP contribution in [0.15, 0.2) is 0 Å². The molecule has 2 unspecified atom stereocenters. The minimum Gasteiger partial charge on any atom is -0.314 e. The van der Waals surface area contributed by atoms with E-state index in [0.717, 1.165) is 12.1 Å². The van der Waals surface area contributed by atoms with E-state index >= 15 is 0 Å². The molecule has 0 aromatic heterocycles. The lowest BCUT2D eigenvalue weighted by Crippen LogP contribution is -2.50. The van der Waals surface area contributed by atoms with Crippen LogP contribution in [0.2, 0.25) is 0 Å². The molecule has 2 aliphatic rings. The van der Waals surface area contributed by atoms with Crippen LogP contribution in [0, 0.1) is 0 Å². The van der Waals surface area contributed by atoms with E-state index in [9.17, 15) is 0 Å². The van der Waals surface area contributed by atoms with Crippen LogP contribution in [0.25, 0.3) is 0 Å². The zero-order valence-electron chi connectivity index (χ0n) is 12.3. The summed E-state index contributed by atoms with van der Waals surface area (Å²) < 4.78 is 0.